The Labute approximate surface area is 74.8 Å². The van der Waals surface area contributed by atoms with Gasteiger partial charge in [-0.2, -0.15) is 22.0 Å². The molecule has 0 radical (unpaired) electrons. The molecule has 0 bridgehead atoms. The maximum atomic E-state index is 12.4. The number of alkyl halides is 5. The van der Waals surface area contributed by atoms with Crippen LogP contribution < -0.4 is 0 Å². The number of carboxylic acid groups (broad SMARTS) is 1. The average molecular weight is 220 g/mol. The minimum Gasteiger partial charge on any atom is -0.494 e. The van der Waals surface area contributed by atoms with Crippen molar-refractivity contribution in [2.45, 2.75) is 12.1 Å². The first-order valence-corrected chi connectivity index (χ1v) is 3.06. The number of ether oxygens (including phenoxy) is 1. The summed E-state index contributed by atoms with van der Waals surface area (Å²) in [6, 6.07) is 0. The van der Waals surface area contributed by atoms with Crippen LogP contribution in [0.3, 0.4) is 0 Å². The number of hydrogen-bond donors (Lipinski definition) is 1. The van der Waals surface area contributed by atoms with E-state index in [1.54, 1.807) is 0 Å². The van der Waals surface area contributed by atoms with Gasteiger partial charge in [-0.3, -0.25) is 0 Å². The van der Waals surface area contributed by atoms with E-state index in [4.69, 9.17) is 5.11 Å². The Kier molecular flexibility index (Phi) is 3.44. The largest absolute Gasteiger partial charge is 0.494 e. The van der Waals surface area contributed by atoms with Gasteiger partial charge in [0.1, 0.15) is 0 Å². The summed E-state index contributed by atoms with van der Waals surface area (Å²) in [5.41, 5.74) is 0. The summed E-state index contributed by atoms with van der Waals surface area (Å²) in [5, 5.41) is 7.99. The van der Waals surface area contributed by atoms with E-state index in [1.807, 2.05) is 0 Å². The van der Waals surface area contributed by atoms with Crippen LogP contribution in [0.5, 0.6) is 0 Å². The quantitative estimate of drug-likeness (QED) is 0.448. The van der Waals surface area contributed by atoms with Crippen LogP contribution in [0.1, 0.15) is 0 Å². The van der Waals surface area contributed by atoms with Crippen molar-refractivity contribution in [3.63, 3.8) is 0 Å². The van der Waals surface area contributed by atoms with Gasteiger partial charge in [0.05, 0.1) is 13.2 Å². The molecule has 0 aliphatic rings. The molecule has 0 saturated carbocycles. The zero-order chi connectivity index (χ0) is 11.6. The van der Waals surface area contributed by atoms with Gasteiger partial charge in [-0.05, 0) is 0 Å². The van der Waals surface area contributed by atoms with Gasteiger partial charge in [-0.15, -0.1) is 0 Å². The lowest BCUT2D eigenvalue weighted by Crippen LogP contribution is -2.39. The monoisotopic (exact) mass is 220 g/mol. The first kappa shape index (κ1) is 12.7. The third-order valence-electron chi connectivity index (χ3n) is 1.14. The van der Waals surface area contributed by atoms with Crippen molar-refractivity contribution in [2.24, 2.45) is 0 Å². The average Bonchev–Trinajstić information content (AvgIpc) is 1.97. The number of aliphatic carboxylic acids is 1. The molecule has 82 valence electrons. The fraction of sp³-hybridized carbons (Fsp3) is 0.500. The first-order chi connectivity index (χ1) is 6.13. The zero-order valence-electron chi connectivity index (χ0n) is 6.73. The molecule has 8 heteroatoms. The number of carbonyl (C=O) groups is 1. The molecule has 0 fully saturated rings. The fourth-order valence-corrected chi connectivity index (χ4v) is 0.530. The molecule has 3 nitrogen and oxygen atoms in total. The Hall–Kier alpha value is -1.34. The molecule has 0 aromatic rings. The van der Waals surface area contributed by atoms with Gasteiger partial charge >= 0.3 is 18.1 Å². The Morgan fingerprint density at radius 1 is 1.29 bits per heavy atom. The highest BCUT2D eigenvalue weighted by Gasteiger charge is 2.61. The predicted molar refractivity (Wildman–Crippen MR) is 33.7 cm³/mol. The van der Waals surface area contributed by atoms with Crippen LogP contribution in [0.2, 0.25) is 0 Å². The maximum absolute atomic E-state index is 12.4. The number of rotatable bonds is 3. The third-order valence-corrected chi connectivity index (χ3v) is 1.14. The van der Waals surface area contributed by atoms with Crippen molar-refractivity contribution in [2.75, 3.05) is 7.11 Å². The van der Waals surface area contributed by atoms with Gasteiger partial charge in [0.15, 0.2) is 5.76 Å². The smallest absolute Gasteiger partial charge is 0.461 e. The van der Waals surface area contributed by atoms with Crippen LogP contribution >= 0.6 is 0 Å². The standard InChI is InChI=1S/C6H5F5O3/c1-14-3(2-4(12)13)5(7,8)6(9,10)11/h2H,1H3,(H,12,13). The van der Waals surface area contributed by atoms with Crippen LogP contribution in [0.15, 0.2) is 11.8 Å². The molecule has 0 saturated heterocycles. The van der Waals surface area contributed by atoms with Crippen molar-refractivity contribution in [1.82, 2.24) is 0 Å². The molecule has 0 heterocycles. The van der Waals surface area contributed by atoms with Gasteiger partial charge in [-0.25, -0.2) is 4.79 Å². The van der Waals surface area contributed by atoms with E-state index in [-0.39, 0.29) is 6.08 Å². The minimum absolute atomic E-state index is 0.340. The van der Waals surface area contributed by atoms with Crippen LogP contribution in [0, 0.1) is 0 Å². The SMILES string of the molecule is COC(=CC(=O)O)C(F)(F)C(F)(F)F. The Morgan fingerprint density at radius 3 is 1.93 bits per heavy atom. The van der Waals surface area contributed by atoms with E-state index in [1.165, 1.54) is 0 Å². The van der Waals surface area contributed by atoms with E-state index in [9.17, 15) is 26.7 Å². The summed E-state index contributed by atoms with van der Waals surface area (Å²) in [6.07, 6.45) is -6.22. The molecule has 14 heavy (non-hydrogen) atoms. The molecule has 0 aromatic heterocycles. The highest BCUT2D eigenvalue weighted by atomic mass is 19.4. The van der Waals surface area contributed by atoms with E-state index in [2.05, 4.69) is 4.74 Å². The summed E-state index contributed by atoms with van der Waals surface area (Å²) >= 11 is 0. The van der Waals surface area contributed by atoms with Gasteiger partial charge in [-0.1, -0.05) is 0 Å². The van der Waals surface area contributed by atoms with E-state index in [0.29, 0.717) is 7.11 Å². The van der Waals surface area contributed by atoms with Gasteiger partial charge in [0, 0.05) is 0 Å². The summed E-state index contributed by atoms with van der Waals surface area (Å²) in [6.45, 7) is 0. The second-order valence-electron chi connectivity index (χ2n) is 2.12. The molecule has 1 N–H and O–H groups in total. The fourth-order valence-electron chi connectivity index (χ4n) is 0.530. The first-order valence-electron chi connectivity index (χ1n) is 3.06. The van der Waals surface area contributed by atoms with Crippen molar-refractivity contribution in [1.29, 1.82) is 0 Å². The van der Waals surface area contributed by atoms with Crippen molar-refractivity contribution < 1.29 is 36.6 Å². The Morgan fingerprint density at radius 2 is 1.71 bits per heavy atom. The van der Waals surface area contributed by atoms with Crippen LogP contribution in [-0.4, -0.2) is 30.3 Å². The highest BCUT2D eigenvalue weighted by Crippen LogP contribution is 2.41. The third kappa shape index (κ3) is 2.57. The number of halogens is 5. The highest BCUT2D eigenvalue weighted by molar-refractivity contribution is 5.80. The van der Waals surface area contributed by atoms with Crippen LogP contribution in [0.4, 0.5) is 22.0 Å². The topological polar surface area (TPSA) is 46.5 Å². The maximum Gasteiger partial charge on any atom is 0.461 e. The lowest BCUT2D eigenvalue weighted by molar-refractivity contribution is -0.275. The van der Waals surface area contributed by atoms with E-state index >= 15 is 0 Å². The van der Waals surface area contributed by atoms with E-state index in [0.717, 1.165) is 0 Å². The Bertz CT molecular complexity index is 255. The van der Waals surface area contributed by atoms with Crippen molar-refractivity contribution >= 4 is 5.97 Å². The van der Waals surface area contributed by atoms with Gasteiger partial charge in [0.2, 0.25) is 0 Å². The minimum atomic E-state index is -5.88. The second-order valence-corrected chi connectivity index (χ2v) is 2.12. The van der Waals surface area contributed by atoms with Gasteiger partial charge in [0.25, 0.3) is 0 Å². The molecule has 0 atom stereocenters. The predicted octanol–water partition coefficient (Wildman–Crippen LogP) is 1.80. The normalized spacial score (nSPS) is 14.0. The molecule has 0 rings (SSSR count). The zero-order valence-corrected chi connectivity index (χ0v) is 6.73. The summed E-state index contributed by atoms with van der Waals surface area (Å²) in [7, 11) is 0.522. The van der Waals surface area contributed by atoms with Crippen LogP contribution in [-0.2, 0) is 9.53 Å². The molecular formula is C6H5F5O3. The molecule has 0 aliphatic heterocycles. The number of hydrogen-bond acceptors (Lipinski definition) is 2. The van der Waals surface area contributed by atoms with Crippen molar-refractivity contribution in [3.05, 3.63) is 11.8 Å². The number of methoxy groups -OCH3 is 1. The number of carboxylic acids is 1. The lowest BCUT2D eigenvalue weighted by atomic mass is 10.2. The summed E-state index contributed by atoms with van der Waals surface area (Å²) in [5.74, 6) is -9.22. The van der Waals surface area contributed by atoms with E-state index < -0.39 is 23.8 Å². The molecule has 0 aromatic carbocycles. The summed E-state index contributed by atoms with van der Waals surface area (Å²) in [4.78, 5) is 9.89. The van der Waals surface area contributed by atoms with Gasteiger partial charge < -0.3 is 9.84 Å². The molecule has 0 aliphatic carbocycles. The summed E-state index contributed by atoms with van der Waals surface area (Å²) < 4.78 is 63.4. The molecule has 0 unspecified atom stereocenters. The van der Waals surface area contributed by atoms with Crippen LogP contribution in [0.25, 0.3) is 0 Å². The van der Waals surface area contributed by atoms with Crippen molar-refractivity contribution in [3.8, 4) is 0 Å². The second kappa shape index (κ2) is 3.81. The Balaban J connectivity index is 5.14. The molecule has 0 spiro atoms. The molecular weight excluding hydrogens is 215 g/mol. The number of allylic oxidation sites excluding steroid dienone is 1. The molecule has 0 amide bonds. The lowest BCUT2D eigenvalue weighted by Gasteiger charge is -2.20.